The number of fused-ring (bicyclic) bond motifs is 1. The van der Waals surface area contributed by atoms with Gasteiger partial charge in [0.15, 0.2) is 0 Å². The van der Waals surface area contributed by atoms with Crippen molar-refractivity contribution in [1.82, 2.24) is 14.9 Å². The third-order valence-corrected chi connectivity index (χ3v) is 4.22. The van der Waals surface area contributed by atoms with Crippen LogP contribution in [0.4, 0.5) is 0 Å². The fraction of sp³-hybridized carbons (Fsp3) is 0.385. The summed E-state index contributed by atoms with van der Waals surface area (Å²) in [6, 6.07) is 6.25. The van der Waals surface area contributed by atoms with Crippen LogP contribution in [0.25, 0.3) is 11.0 Å². The average molecular weight is 390 g/mol. The molecule has 1 aromatic carbocycles. The van der Waals surface area contributed by atoms with Crippen molar-refractivity contribution < 1.29 is 4.79 Å². The molecule has 0 saturated carbocycles. The van der Waals surface area contributed by atoms with Crippen LogP contribution in [0.1, 0.15) is 30.6 Å². The van der Waals surface area contributed by atoms with Crippen LogP contribution in [0.5, 0.6) is 0 Å². The van der Waals surface area contributed by atoms with Crippen molar-refractivity contribution in [3.8, 4) is 0 Å². The Morgan fingerprint density at radius 2 is 2.37 bits per heavy atom. The van der Waals surface area contributed by atoms with Crippen molar-refractivity contribution in [2.75, 3.05) is 6.54 Å². The fourth-order valence-electron chi connectivity index (χ4n) is 2.53. The minimum Gasteiger partial charge on any atom is -0.354 e. The Balaban J connectivity index is 2.19. The highest BCUT2D eigenvalue weighted by Gasteiger charge is 2.28. The Kier molecular flexibility index (Phi) is 3.42. The predicted molar refractivity (Wildman–Crippen MR) is 83.4 cm³/mol. The third kappa shape index (κ3) is 2.33. The molecule has 4 nitrogen and oxygen atoms in total. The van der Waals surface area contributed by atoms with Crippen LogP contribution in [-0.2, 0) is 4.79 Å². The first-order chi connectivity index (χ1) is 9.06. The van der Waals surface area contributed by atoms with Crippen LogP contribution in [0.3, 0.4) is 0 Å². The fourth-order valence-corrected chi connectivity index (χ4v) is 3.16. The Morgan fingerprint density at radius 3 is 3.00 bits per heavy atom. The number of amides is 1. The number of alkyl halides is 1. The summed E-state index contributed by atoms with van der Waals surface area (Å²) in [7, 11) is 0. The number of benzene rings is 1. The van der Waals surface area contributed by atoms with Gasteiger partial charge in [-0.2, -0.15) is 0 Å². The maximum absolute atomic E-state index is 11.4. The van der Waals surface area contributed by atoms with Crippen LogP contribution < -0.4 is 5.32 Å². The standard InChI is InChI=1S/C13H13ClIN3O/c1-7(14)13-17-10-4-8(15)2-3-11(10)18(13)9-5-12(19)16-6-9/h2-4,7,9H,5-6H2,1H3,(H,16,19). The van der Waals surface area contributed by atoms with Gasteiger partial charge in [0.1, 0.15) is 5.82 Å². The SMILES string of the molecule is CC(Cl)c1nc2cc(I)ccc2n1C1CNC(=O)C1. The monoisotopic (exact) mass is 389 g/mol. The Morgan fingerprint density at radius 1 is 1.58 bits per heavy atom. The largest absolute Gasteiger partial charge is 0.354 e. The predicted octanol–water partition coefficient (Wildman–Crippen LogP) is 3.00. The lowest BCUT2D eigenvalue weighted by atomic mass is 10.2. The number of hydrogen-bond donors (Lipinski definition) is 1. The highest BCUT2D eigenvalue weighted by molar-refractivity contribution is 14.1. The number of rotatable bonds is 2. The lowest BCUT2D eigenvalue weighted by molar-refractivity contribution is -0.119. The topological polar surface area (TPSA) is 46.9 Å². The minimum atomic E-state index is -0.180. The molecular formula is C13H13ClIN3O. The van der Waals surface area contributed by atoms with E-state index in [2.05, 4.69) is 43.5 Å². The molecule has 0 aliphatic carbocycles. The Bertz CT molecular complexity index is 653. The summed E-state index contributed by atoms with van der Waals surface area (Å²) in [4.78, 5) is 16.1. The van der Waals surface area contributed by atoms with Crippen molar-refractivity contribution in [1.29, 1.82) is 0 Å². The number of imidazole rings is 1. The van der Waals surface area contributed by atoms with Gasteiger partial charge in [-0.05, 0) is 47.7 Å². The first-order valence-electron chi connectivity index (χ1n) is 6.14. The summed E-state index contributed by atoms with van der Waals surface area (Å²) < 4.78 is 3.25. The second-order valence-corrected chi connectivity index (χ2v) is 6.65. The van der Waals surface area contributed by atoms with Crippen molar-refractivity contribution in [2.45, 2.75) is 24.8 Å². The molecule has 2 atom stereocenters. The van der Waals surface area contributed by atoms with Crippen LogP contribution in [-0.4, -0.2) is 22.0 Å². The molecule has 100 valence electrons. The molecule has 1 fully saturated rings. The lowest BCUT2D eigenvalue weighted by Crippen LogP contribution is -2.17. The van der Waals surface area contributed by atoms with Gasteiger partial charge < -0.3 is 9.88 Å². The summed E-state index contributed by atoms with van der Waals surface area (Å²) >= 11 is 8.51. The maximum Gasteiger partial charge on any atom is 0.222 e. The van der Waals surface area contributed by atoms with Gasteiger partial charge in [-0.3, -0.25) is 4.79 Å². The van der Waals surface area contributed by atoms with Crippen LogP contribution in [0, 0.1) is 3.57 Å². The third-order valence-electron chi connectivity index (χ3n) is 3.36. The molecule has 6 heteroatoms. The van der Waals surface area contributed by atoms with Gasteiger partial charge in [-0.25, -0.2) is 4.98 Å². The number of nitrogens with one attached hydrogen (secondary N) is 1. The molecular weight excluding hydrogens is 377 g/mol. The van der Waals surface area contributed by atoms with E-state index < -0.39 is 0 Å². The van der Waals surface area contributed by atoms with Gasteiger partial charge in [-0.15, -0.1) is 11.6 Å². The van der Waals surface area contributed by atoms with Gasteiger partial charge in [0.05, 0.1) is 22.5 Å². The Hall–Kier alpha value is -0.820. The van der Waals surface area contributed by atoms with Crippen LogP contribution >= 0.6 is 34.2 Å². The maximum atomic E-state index is 11.4. The molecule has 2 aromatic rings. The summed E-state index contributed by atoms with van der Waals surface area (Å²) in [6.07, 6.45) is 0.494. The molecule has 2 heterocycles. The summed E-state index contributed by atoms with van der Waals surface area (Å²) in [5, 5.41) is 2.69. The van der Waals surface area contributed by atoms with E-state index in [4.69, 9.17) is 11.6 Å². The smallest absolute Gasteiger partial charge is 0.222 e. The van der Waals surface area contributed by atoms with E-state index in [1.807, 2.05) is 19.1 Å². The summed E-state index contributed by atoms with van der Waals surface area (Å²) in [5.41, 5.74) is 1.98. The highest BCUT2D eigenvalue weighted by atomic mass is 127. The van der Waals surface area contributed by atoms with Crippen molar-refractivity contribution in [3.63, 3.8) is 0 Å². The number of carbonyl (C=O) groups excluding carboxylic acids is 1. The number of halogens is 2. The number of nitrogens with zero attached hydrogens (tertiary/aromatic N) is 2. The number of carbonyl (C=O) groups is 1. The zero-order valence-electron chi connectivity index (χ0n) is 10.4. The second-order valence-electron chi connectivity index (χ2n) is 4.75. The van der Waals surface area contributed by atoms with Gasteiger partial charge >= 0.3 is 0 Å². The first-order valence-corrected chi connectivity index (χ1v) is 7.66. The number of aromatic nitrogens is 2. The van der Waals surface area contributed by atoms with E-state index in [1.165, 1.54) is 0 Å². The molecule has 1 aliphatic heterocycles. The average Bonchev–Trinajstić information content (AvgIpc) is 2.91. The van der Waals surface area contributed by atoms with E-state index in [0.717, 1.165) is 20.4 Å². The van der Waals surface area contributed by atoms with E-state index >= 15 is 0 Å². The summed E-state index contributed by atoms with van der Waals surface area (Å²) in [6.45, 7) is 2.56. The van der Waals surface area contributed by atoms with Gasteiger partial charge in [-0.1, -0.05) is 0 Å². The zero-order chi connectivity index (χ0) is 13.6. The highest BCUT2D eigenvalue weighted by Crippen LogP contribution is 2.31. The normalized spacial score (nSPS) is 20.8. The minimum absolute atomic E-state index is 0.0885. The lowest BCUT2D eigenvalue weighted by Gasteiger charge is -2.16. The molecule has 1 N–H and O–H groups in total. The van der Waals surface area contributed by atoms with Gasteiger partial charge in [0, 0.05) is 16.5 Å². The molecule has 1 aliphatic rings. The van der Waals surface area contributed by atoms with Gasteiger partial charge in [0.25, 0.3) is 0 Å². The summed E-state index contributed by atoms with van der Waals surface area (Å²) in [5.74, 6) is 0.922. The molecule has 1 saturated heterocycles. The molecule has 1 amide bonds. The van der Waals surface area contributed by atoms with E-state index in [0.29, 0.717) is 13.0 Å². The zero-order valence-corrected chi connectivity index (χ0v) is 13.3. The molecule has 19 heavy (non-hydrogen) atoms. The first kappa shape index (κ1) is 13.2. The van der Waals surface area contributed by atoms with E-state index in [9.17, 15) is 4.79 Å². The molecule has 1 aromatic heterocycles. The quantitative estimate of drug-likeness (QED) is 0.634. The second kappa shape index (κ2) is 4.94. The molecule has 2 unspecified atom stereocenters. The number of hydrogen-bond acceptors (Lipinski definition) is 2. The van der Waals surface area contributed by atoms with Crippen LogP contribution in [0.15, 0.2) is 18.2 Å². The van der Waals surface area contributed by atoms with Crippen molar-refractivity contribution >= 4 is 51.1 Å². The molecule has 0 spiro atoms. The van der Waals surface area contributed by atoms with Crippen molar-refractivity contribution in [2.24, 2.45) is 0 Å². The van der Waals surface area contributed by atoms with Crippen molar-refractivity contribution in [3.05, 3.63) is 27.6 Å². The van der Waals surface area contributed by atoms with Crippen LogP contribution in [0.2, 0.25) is 0 Å². The molecule has 3 rings (SSSR count). The molecule has 0 bridgehead atoms. The van der Waals surface area contributed by atoms with Gasteiger partial charge in [0.2, 0.25) is 5.91 Å². The van der Waals surface area contributed by atoms with E-state index in [-0.39, 0.29) is 17.3 Å². The molecule has 0 radical (unpaired) electrons. The van der Waals surface area contributed by atoms with E-state index in [1.54, 1.807) is 0 Å². The Labute approximate surface area is 129 Å².